The van der Waals surface area contributed by atoms with Crippen molar-refractivity contribution < 1.29 is 14.3 Å². The molecule has 108 valence electrons. The van der Waals surface area contributed by atoms with E-state index in [4.69, 9.17) is 15.2 Å². The number of carbonyl (C=O) groups is 1. The number of hydrogen-bond acceptors (Lipinski definition) is 5. The van der Waals surface area contributed by atoms with Crippen LogP contribution in [0.3, 0.4) is 0 Å². The van der Waals surface area contributed by atoms with Gasteiger partial charge in [0.1, 0.15) is 13.2 Å². The Bertz CT molecular complexity index is 683. The minimum Gasteiger partial charge on any atom is -0.486 e. The monoisotopic (exact) mass is 285 g/mol. The predicted molar refractivity (Wildman–Crippen MR) is 78.8 cm³/mol. The maximum atomic E-state index is 12.2. The van der Waals surface area contributed by atoms with E-state index in [1.807, 2.05) is 6.92 Å². The largest absolute Gasteiger partial charge is 0.486 e. The number of nitrogens with one attached hydrogen (secondary N) is 1. The Kier molecular flexibility index (Phi) is 3.35. The standard InChI is InChI=1S/C15H15N3O3/c1-9-2-3-10(8-17-9)15(19)18-12-7-14-13(6-11(12)16)20-4-5-21-14/h2-3,6-8H,4-5,16H2,1H3,(H,18,19). The molecule has 3 N–H and O–H groups in total. The molecule has 1 aromatic carbocycles. The van der Waals surface area contributed by atoms with Crippen molar-refractivity contribution in [1.82, 2.24) is 4.98 Å². The molecule has 1 amide bonds. The number of hydrogen-bond donors (Lipinski definition) is 2. The van der Waals surface area contributed by atoms with Gasteiger partial charge in [-0.05, 0) is 19.1 Å². The molecular weight excluding hydrogens is 270 g/mol. The van der Waals surface area contributed by atoms with Gasteiger partial charge in [-0.1, -0.05) is 0 Å². The number of aromatic nitrogens is 1. The number of anilines is 2. The lowest BCUT2D eigenvalue weighted by atomic mass is 10.2. The van der Waals surface area contributed by atoms with Gasteiger partial charge in [-0.3, -0.25) is 9.78 Å². The van der Waals surface area contributed by atoms with E-state index >= 15 is 0 Å². The van der Waals surface area contributed by atoms with E-state index in [1.54, 1.807) is 24.3 Å². The molecule has 6 nitrogen and oxygen atoms in total. The summed E-state index contributed by atoms with van der Waals surface area (Å²) in [7, 11) is 0. The van der Waals surface area contributed by atoms with E-state index in [2.05, 4.69) is 10.3 Å². The predicted octanol–water partition coefficient (Wildman–Crippen LogP) is 2.00. The van der Waals surface area contributed by atoms with Crippen LogP contribution in [0.1, 0.15) is 16.1 Å². The van der Waals surface area contributed by atoms with Crippen LogP contribution in [-0.2, 0) is 0 Å². The summed E-state index contributed by atoms with van der Waals surface area (Å²) in [6, 6.07) is 6.81. The molecule has 0 spiro atoms. The first kappa shape index (κ1) is 13.2. The summed E-state index contributed by atoms with van der Waals surface area (Å²) in [6.45, 7) is 2.83. The molecule has 0 saturated carbocycles. The highest BCUT2D eigenvalue weighted by molar-refractivity contribution is 6.05. The van der Waals surface area contributed by atoms with Crippen LogP contribution in [0.25, 0.3) is 0 Å². The van der Waals surface area contributed by atoms with Crippen LogP contribution in [0, 0.1) is 6.92 Å². The summed E-state index contributed by atoms with van der Waals surface area (Å²) < 4.78 is 10.9. The second kappa shape index (κ2) is 5.32. The third-order valence-electron chi connectivity index (χ3n) is 3.14. The number of aryl methyl sites for hydroxylation is 1. The highest BCUT2D eigenvalue weighted by atomic mass is 16.6. The number of fused-ring (bicyclic) bond motifs is 1. The highest BCUT2D eigenvalue weighted by Crippen LogP contribution is 2.37. The number of nitrogen functional groups attached to an aromatic ring is 1. The molecule has 0 unspecified atom stereocenters. The second-order valence-electron chi connectivity index (χ2n) is 4.73. The van der Waals surface area contributed by atoms with Gasteiger partial charge in [0.05, 0.1) is 16.9 Å². The average Bonchev–Trinajstić information content (AvgIpc) is 2.48. The summed E-state index contributed by atoms with van der Waals surface area (Å²) in [4.78, 5) is 16.3. The quantitative estimate of drug-likeness (QED) is 0.824. The second-order valence-corrected chi connectivity index (χ2v) is 4.73. The zero-order chi connectivity index (χ0) is 14.8. The fourth-order valence-corrected chi connectivity index (χ4v) is 2.01. The molecule has 0 bridgehead atoms. The molecule has 1 aliphatic rings. The van der Waals surface area contributed by atoms with Gasteiger partial charge in [-0.25, -0.2) is 0 Å². The third-order valence-corrected chi connectivity index (χ3v) is 3.14. The van der Waals surface area contributed by atoms with Crippen LogP contribution in [-0.4, -0.2) is 24.1 Å². The van der Waals surface area contributed by atoms with E-state index in [0.29, 0.717) is 41.7 Å². The molecule has 0 radical (unpaired) electrons. The van der Waals surface area contributed by atoms with Crippen LogP contribution in [0.15, 0.2) is 30.5 Å². The van der Waals surface area contributed by atoms with Crippen LogP contribution in [0.5, 0.6) is 11.5 Å². The van der Waals surface area contributed by atoms with Crippen molar-refractivity contribution >= 4 is 17.3 Å². The first-order valence-electron chi connectivity index (χ1n) is 6.56. The number of carbonyl (C=O) groups excluding carboxylic acids is 1. The van der Waals surface area contributed by atoms with Crippen LogP contribution >= 0.6 is 0 Å². The zero-order valence-corrected chi connectivity index (χ0v) is 11.6. The van der Waals surface area contributed by atoms with Crippen molar-refractivity contribution in [3.8, 4) is 11.5 Å². The Hall–Kier alpha value is -2.76. The van der Waals surface area contributed by atoms with Gasteiger partial charge in [0.25, 0.3) is 5.91 Å². The number of nitrogens with two attached hydrogens (primary N) is 1. The van der Waals surface area contributed by atoms with Gasteiger partial charge in [0.15, 0.2) is 11.5 Å². The van der Waals surface area contributed by atoms with Gasteiger partial charge in [-0.15, -0.1) is 0 Å². The molecule has 6 heteroatoms. The van der Waals surface area contributed by atoms with E-state index in [0.717, 1.165) is 5.69 Å². The van der Waals surface area contributed by atoms with E-state index in [1.165, 1.54) is 6.20 Å². The smallest absolute Gasteiger partial charge is 0.257 e. The molecule has 2 aromatic rings. The number of ether oxygens (including phenoxy) is 2. The van der Waals surface area contributed by atoms with Gasteiger partial charge in [0.2, 0.25) is 0 Å². The maximum absolute atomic E-state index is 12.2. The minimum atomic E-state index is -0.272. The summed E-state index contributed by atoms with van der Waals surface area (Å²) >= 11 is 0. The summed E-state index contributed by atoms with van der Waals surface area (Å²) in [5, 5.41) is 2.76. The molecule has 21 heavy (non-hydrogen) atoms. The molecule has 1 aliphatic heterocycles. The summed E-state index contributed by atoms with van der Waals surface area (Å²) in [5.41, 5.74) is 8.16. The molecule has 2 heterocycles. The topological polar surface area (TPSA) is 86.5 Å². The number of amides is 1. The normalized spacial score (nSPS) is 12.8. The molecule has 0 aliphatic carbocycles. The van der Waals surface area contributed by atoms with E-state index in [9.17, 15) is 4.79 Å². The lowest BCUT2D eigenvalue weighted by molar-refractivity contribution is 0.102. The van der Waals surface area contributed by atoms with Crippen LogP contribution in [0.2, 0.25) is 0 Å². The van der Waals surface area contributed by atoms with Crippen molar-refractivity contribution in [3.05, 3.63) is 41.7 Å². The lowest BCUT2D eigenvalue weighted by Crippen LogP contribution is -2.17. The van der Waals surface area contributed by atoms with Gasteiger partial charge in [-0.2, -0.15) is 0 Å². The number of rotatable bonds is 2. The van der Waals surface area contributed by atoms with Gasteiger partial charge in [0, 0.05) is 24.0 Å². The summed E-state index contributed by atoms with van der Waals surface area (Å²) in [5.74, 6) is 0.896. The number of benzene rings is 1. The first-order chi connectivity index (χ1) is 10.1. The lowest BCUT2D eigenvalue weighted by Gasteiger charge is -2.20. The third kappa shape index (κ3) is 2.74. The Morgan fingerprint density at radius 1 is 1.24 bits per heavy atom. The Morgan fingerprint density at radius 3 is 2.62 bits per heavy atom. The summed E-state index contributed by atoms with van der Waals surface area (Å²) in [6.07, 6.45) is 1.53. The van der Waals surface area contributed by atoms with Crippen molar-refractivity contribution in [1.29, 1.82) is 0 Å². The molecule has 0 saturated heterocycles. The Balaban J connectivity index is 1.84. The maximum Gasteiger partial charge on any atom is 0.257 e. The van der Waals surface area contributed by atoms with Crippen molar-refractivity contribution in [2.24, 2.45) is 0 Å². The zero-order valence-electron chi connectivity index (χ0n) is 11.6. The fourth-order valence-electron chi connectivity index (χ4n) is 2.01. The number of nitrogens with zero attached hydrogens (tertiary/aromatic N) is 1. The van der Waals surface area contributed by atoms with Crippen molar-refractivity contribution in [3.63, 3.8) is 0 Å². The van der Waals surface area contributed by atoms with Crippen LogP contribution in [0.4, 0.5) is 11.4 Å². The first-order valence-corrected chi connectivity index (χ1v) is 6.56. The average molecular weight is 285 g/mol. The SMILES string of the molecule is Cc1ccc(C(=O)Nc2cc3c(cc2N)OCCO3)cn1. The van der Waals surface area contributed by atoms with E-state index < -0.39 is 0 Å². The molecule has 1 aromatic heterocycles. The van der Waals surface area contributed by atoms with Crippen molar-refractivity contribution in [2.75, 3.05) is 24.3 Å². The fraction of sp³-hybridized carbons (Fsp3) is 0.200. The van der Waals surface area contributed by atoms with E-state index in [-0.39, 0.29) is 5.91 Å². The number of pyridine rings is 1. The molecular formula is C15H15N3O3. The molecule has 0 fully saturated rings. The van der Waals surface area contributed by atoms with Crippen molar-refractivity contribution in [2.45, 2.75) is 6.92 Å². The van der Waals surface area contributed by atoms with Gasteiger partial charge < -0.3 is 20.5 Å². The van der Waals surface area contributed by atoms with Gasteiger partial charge >= 0.3 is 0 Å². The Morgan fingerprint density at radius 2 is 1.95 bits per heavy atom. The Labute approximate surface area is 121 Å². The molecule has 3 rings (SSSR count). The highest BCUT2D eigenvalue weighted by Gasteiger charge is 2.16. The minimum absolute atomic E-state index is 0.272. The van der Waals surface area contributed by atoms with Crippen LogP contribution < -0.4 is 20.5 Å². The molecule has 0 atom stereocenters.